The van der Waals surface area contributed by atoms with Crippen LogP contribution in [-0.2, 0) is 4.74 Å². The number of hydrogen-bond acceptors (Lipinski definition) is 4. The van der Waals surface area contributed by atoms with Crippen LogP contribution in [0, 0.1) is 6.92 Å². The van der Waals surface area contributed by atoms with E-state index >= 15 is 0 Å². The summed E-state index contributed by atoms with van der Waals surface area (Å²) in [6.07, 6.45) is 0. The average molecular weight is 196 g/mol. The van der Waals surface area contributed by atoms with Crippen molar-refractivity contribution in [3.8, 4) is 0 Å². The smallest absolute Gasteiger partial charge is 0.0969 e. The number of thioether (sulfide) groups is 1. The molecular formula is C9H12N2OS. The summed E-state index contributed by atoms with van der Waals surface area (Å²) in [6.45, 7) is 3.61. The Hall–Kier alpha value is -0.740. The van der Waals surface area contributed by atoms with E-state index in [-0.39, 0.29) is 0 Å². The van der Waals surface area contributed by atoms with E-state index in [0.717, 1.165) is 29.6 Å². The first-order valence-electron chi connectivity index (χ1n) is 4.23. The van der Waals surface area contributed by atoms with Gasteiger partial charge >= 0.3 is 0 Å². The molecule has 1 aromatic heterocycles. The van der Waals surface area contributed by atoms with Crippen LogP contribution in [0.4, 0.5) is 5.69 Å². The van der Waals surface area contributed by atoms with E-state index in [1.54, 1.807) is 11.8 Å². The Morgan fingerprint density at radius 1 is 1.54 bits per heavy atom. The lowest BCUT2D eigenvalue weighted by Crippen LogP contribution is -2.30. The van der Waals surface area contributed by atoms with Gasteiger partial charge in [0.1, 0.15) is 0 Å². The molecule has 2 rings (SSSR count). The molecule has 0 spiro atoms. The largest absolute Gasteiger partial charge is 0.397 e. The molecule has 0 amide bonds. The van der Waals surface area contributed by atoms with E-state index in [0.29, 0.717) is 5.25 Å². The van der Waals surface area contributed by atoms with Gasteiger partial charge in [0.15, 0.2) is 0 Å². The van der Waals surface area contributed by atoms with Crippen molar-refractivity contribution >= 4 is 17.4 Å². The SMILES string of the molecule is Cc1nc(SC2COC2)ccc1N. The molecule has 1 saturated heterocycles. The highest BCUT2D eigenvalue weighted by molar-refractivity contribution is 8.00. The van der Waals surface area contributed by atoms with Crippen molar-refractivity contribution in [3.63, 3.8) is 0 Å². The lowest BCUT2D eigenvalue weighted by molar-refractivity contribution is 0.0454. The molecule has 0 saturated carbocycles. The number of anilines is 1. The first-order chi connectivity index (χ1) is 6.25. The molecule has 13 heavy (non-hydrogen) atoms. The van der Waals surface area contributed by atoms with Gasteiger partial charge in [0.05, 0.1) is 34.9 Å². The average Bonchev–Trinajstić information content (AvgIpc) is 2.04. The number of rotatable bonds is 2. The Morgan fingerprint density at radius 2 is 2.31 bits per heavy atom. The van der Waals surface area contributed by atoms with E-state index in [2.05, 4.69) is 4.98 Å². The van der Waals surface area contributed by atoms with Gasteiger partial charge in [0.25, 0.3) is 0 Å². The van der Waals surface area contributed by atoms with Crippen LogP contribution in [0.1, 0.15) is 5.69 Å². The lowest BCUT2D eigenvalue weighted by Gasteiger charge is -2.24. The molecular weight excluding hydrogens is 184 g/mol. The molecule has 4 heteroatoms. The lowest BCUT2D eigenvalue weighted by atomic mass is 10.3. The fraction of sp³-hybridized carbons (Fsp3) is 0.444. The highest BCUT2D eigenvalue weighted by Crippen LogP contribution is 2.27. The van der Waals surface area contributed by atoms with Crippen LogP contribution in [0.25, 0.3) is 0 Å². The van der Waals surface area contributed by atoms with E-state index in [1.165, 1.54) is 0 Å². The Balaban J connectivity index is 2.07. The van der Waals surface area contributed by atoms with Gasteiger partial charge in [-0.25, -0.2) is 4.98 Å². The molecule has 1 aromatic rings. The highest BCUT2D eigenvalue weighted by atomic mass is 32.2. The summed E-state index contributed by atoms with van der Waals surface area (Å²) in [7, 11) is 0. The summed E-state index contributed by atoms with van der Waals surface area (Å²) in [5, 5.41) is 1.62. The van der Waals surface area contributed by atoms with Gasteiger partial charge in [0, 0.05) is 0 Å². The molecule has 1 aliphatic rings. The van der Waals surface area contributed by atoms with Gasteiger partial charge in [-0.2, -0.15) is 0 Å². The van der Waals surface area contributed by atoms with Gasteiger partial charge in [-0.05, 0) is 19.1 Å². The van der Waals surface area contributed by atoms with Gasteiger partial charge in [-0.1, -0.05) is 11.8 Å². The van der Waals surface area contributed by atoms with Gasteiger partial charge in [-0.15, -0.1) is 0 Å². The fourth-order valence-corrected chi connectivity index (χ4v) is 2.07. The topological polar surface area (TPSA) is 48.1 Å². The third-order valence-electron chi connectivity index (χ3n) is 2.00. The first-order valence-corrected chi connectivity index (χ1v) is 5.11. The minimum atomic E-state index is 0.579. The number of hydrogen-bond donors (Lipinski definition) is 1. The molecule has 2 heterocycles. The van der Waals surface area contributed by atoms with Crippen LogP contribution in [-0.4, -0.2) is 23.4 Å². The molecule has 2 N–H and O–H groups in total. The quantitative estimate of drug-likeness (QED) is 0.778. The molecule has 1 aliphatic heterocycles. The normalized spacial score (nSPS) is 17.0. The number of aromatic nitrogens is 1. The van der Waals surface area contributed by atoms with Crippen molar-refractivity contribution in [2.75, 3.05) is 18.9 Å². The molecule has 0 aliphatic carbocycles. The van der Waals surface area contributed by atoms with Crippen molar-refractivity contribution in [2.45, 2.75) is 17.2 Å². The Kier molecular flexibility index (Phi) is 2.42. The van der Waals surface area contributed by atoms with E-state index in [9.17, 15) is 0 Å². The minimum absolute atomic E-state index is 0.579. The highest BCUT2D eigenvalue weighted by Gasteiger charge is 2.20. The maximum atomic E-state index is 5.67. The second-order valence-electron chi connectivity index (χ2n) is 3.10. The van der Waals surface area contributed by atoms with Gasteiger partial charge < -0.3 is 10.5 Å². The van der Waals surface area contributed by atoms with Crippen LogP contribution in [0.2, 0.25) is 0 Å². The number of aryl methyl sites for hydroxylation is 1. The predicted octanol–water partition coefficient (Wildman–Crippen LogP) is 1.46. The number of nitrogens with zero attached hydrogens (tertiary/aromatic N) is 1. The van der Waals surface area contributed by atoms with Gasteiger partial charge in [0.2, 0.25) is 0 Å². The second kappa shape index (κ2) is 3.55. The molecule has 3 nitrogen and oxygen atoms in total. The van der Waals surface area contributed by atoms with Crippen LogP contribution in [0.3, 0.4) is 0 Å². The second-order valence-corrected chi connectivity index (χ2v) is 4.42. The monoisotopic (exact) mass is 196 g/mol. The molecule has 1 fully saturated rings. The third kappa shape index (κ3) is 1.95. The molecule has 0 atom stereocenters. The maximum Gasteiger partial charge on any atom is 0.0969 e. The molecule has 0 unspecified atom stereocenters. The Labute approximate surface area is 81.7 Å². The van der Waals surface area contributed by atoms with Crippen LogP contribution >= 0.6 is 11.8 Å². The summed E-state index contributed by atoms with van der Waals surface area (Å²) in [5.74, 6) is 0. The first kappa shape index (κ1) is 8.84. The maximum absolute atomic E-state index is 5.67. The van der Waals surface area contributed by atoms with Crippen LogP contribution in [0.15, 0.2) is 17.2 Å². The molecule has 0 bridgehead atoms. The predicted molar refractivity (Wildman–Crippen MR) is 53.9 cm³/mol. The number of ether oxygens (including phenoxy) is 1. The number of nitrogen functional groups attached to an aromatic ring is 1. The van der Waals surface area contributed by atoms with Crippen LogP contribution in [0.5, 0.6) is 0 Å². The van der Waals surface area contributed by atoms with E-state index < -0.39 is 0 Å². The standard InChI is InChI=1S/C9H12N2OS/c1-6-8(10)2-3-9(11-6)13-7-4-12-5-7/h2-3,7H,4-5,10H2,1H3. The Morgan fingerprint density at radius 3 is 2.85 bits per heavy atom. The van der Waals surface area contributed by atoms with Crippen molar-refractivity contribution < 1.29 is 4.74 Å². The van der Waals surface area contributed by atoms with Crippen molar-refractivity contribution in [2.24, 2.45) is 0 Å². The summed E-state index contributed by atoms with van der Waals surface area (Å²) < 4.78 is 5.09. The van der Waals surface area contributed by atoms with E-state index in [1.807, 2.05) is 19.1 Å². The summed E-state index contributed by atoms with van der Waals surface area (Å²) >= 11 is 1.76. The zero-order chi connectivity index (χ0) is 9.26. The van der Waals surface area contributed by atoms with Crippen LogP contribution < -0.4 is 5.73 Å². The fourth-order valence-electron chi connectivity index (χ4n) is 1.07. The zero-order valence-electron chi connectivity index (χ0n) is 7.49. The molecule has 70 valence electrons. The minimum Gasteiger partial charge on any atom is -0.397 e. The van der Waals surface area contributed by atoms with Gasteiger partial charge in [-0.3, -0.25) is 0 Å². The third-order valence-corrected chi connectivity index (χ3v) is 3.07. The summed E-state index contributed by atoms with van der Waals surface area (Å²) in [4.78, 5) is 4.38. The number of pyridine rings is 1. The van der Waals surface area contributed by atoms with Crippen molar-refractivity contribution in [3.05, 3.63) is 17.8 Å². The van der Waals surface area contributed by atoms with Crippen molar-refractivity contribution in [1.29, 1.82) is 0 Å². The number of nitrogens with two attached hydrogens (primary N) is 1. The summed E-state index contributed by atoms with van der Waals surface area (Å²) in [5.41, 5.74) is 7.34. The Bertz CT molecular complexity index is 312. The van der Waals surface area contributed by atoms with E-state index in [4.69, 9.17) is 10.5 Å². The molecule has 0 radical (unpaired) electrons. The molecule has 0 aromatic carbocycles. The zero-order valence-corrected chi connectivity index (χ0v) is 8.30. The summed E-state index contributed by atoms with van der Waals surface area (Å²) in [6, 6.07) is 3.87. The van der Waals surface area contributed by atoms with Crippen molar-refractivity contribution in [1.82, 2.24) is 4.98 Å².